The van der Waals surface area contributed by atoms with Crippen molar-refractivity contribution in [1.29, 1.82) is 5.26 Å². The Hall–Kier alpha value is -2.08. The van der Waals surface area contributed by atoms with E-state index in [1.54, 1.807) is 30.3 Å². The summed E-state index contributed by atoms with van der Waals surface area (Å²) >= 11 is 0. The number of carbonyl (C=O) groups is 1. The molecule has 0 aliphatic heterocycles. The summed E-state index contributed by atoms with van der Waals surface area (Å²) in [5, 5.41) is 17.8. The van der Waals surface area contributed by atoms with Crippen LogP contribution < -0.4 is 0 Å². The number of ketones is 1. The predicted octanol–water partition coefficient (Wildman–Crippen LogP) is 2.53. The van der Waals surface area contributed by atoms with Crippen LogP contribution in [-0.4, -0.2) is 10.9 Å². The third-order valence-corrected chi connectivity index (χ3v) is 2.01. The first-order valence-corrected chi connectivity index (χ1v) is 4.47. The fraction of sp³-hybridized carbons (Fsp3) is 0.167. The van der Waals surface area contributed by atoms with Gasteiger partial charge >= 0.3 is 0 Å². The van der Waals surface area contributed by atoms with E-state index >= 15 is 0 Å². The predicted molar refractivity (Wildman–Crippen MR) is 56.5 cm³/mol. The minimum Gasteiger partial charge on any atom is -0.511 e. The van der Waals surface area contributed by atoms with Gasteiger partial charge in [-0.05, 0) is 13.8 Å². The molecule has 0 radical (unpaired) electrons. The number of hydrogen-bond acceptors (Lipinski definition) is 3. The summed E-state index contributed by atoms with van der Waals surface area (Å²) in [5.41, 5.74) is 1.24. The number of benzene rings is 1. The summed E-state index contributed by atoms with van der Waals surface area (Å²) in [4.78, 5) is 11.7. The van der Waals surface area contributed by atoms with Crippen LogP contribution in [-0.2, 0) is 0 Å². The van der Waals surface area contributed by atoms with E-state index in [0.29, 0.717) is 5.56 Å². The monoisotopic (exact) mass is 201 g/mol. The first-order chi connectivity index (χ1) is 7.06. The molecule has 0 unspecified atom stereocenters. The lowest BCUT2D eigenvalue weighted by molar-refractivity contribution is 0.103. The lowest BCUT2D eigenvalue weighted by atomic mass is 10.0. The molecule has 0 bridgehead atoms. The van der Waals surface area contributed by atoms with Crippen LogP contribution in [0.25, 0.3) is 0 Å². The first-order valence-electron chi connectivity index (χ1n) is 4.47. The third-order valence-electron chi connectivity index (χ3n) is 2.01. The second kappa shape index (κ2) is 4.43. The molecular formula is C12H11NO2. The molecule has 0 aliphatic carbocycles. The highest BCUT2D eigenvalue weighted by atomic mass is 16.3. The van der Waals surface area contributed by atoms with E-state index in [1.165, 1.54) is 6.92 Å². The van der Waals surface area contributed by atoms with Gasteiger partial charge < -0.3 is 5.11 Å². The van der Waals surface area contributed by atoms with Gasteiger partial charge in [-0.15, -0.1) is 0 Å². The van der Waals surface area contributed by atoms with Gasteiger partial charge in [0.05, 0.1) is 0 Å². The van der Waals surface area contributed by atoms with Crippen molar-refractivity contribution in [3.05, 3.63) is 46.7 Å². The molecule has 0 saturated heterocycles. The van der Waals surface area contributed by atoms with E-state index in [1.807, 2.05) is 6.92 Å². The number of nitriles is 1. The Bertz CT molecular complexity index is 446. The Labute approximate surface area is 88.3 Å². The molecule has 0 aliphatic rings. The average molecular weight is 201 g/mol. The molecule has 0 spiro atoms. The average Bonchev–Trinajstić information content (AvgIpc) is 2.19. The van der Waals surface area contributed by atoms with E-state index in [4.69, 9.17) is 10.4 Å². The summed E-state index contributed by atoms with van der Waals surface area (Å²) in [6, 6.07) is 8.54. The summed E-state index contributed by atoms with van der Waals surface area (Å²) in [6.07, 6.45) is 0. The van der Waals surface area contributed by atoms with Crippen LogP contribution in [0.5, 0.6) is 0 Å². The lowest BCUT2D eigenvalue weighted by Gasteiger charge is -2.00. The van der Waals surface area contributed by atoms with Gasteiger partial charge in [-0.1, -0.05) is 29.8 Å². The van der Waals surface area contributed by atoms with E-state index in [9.17, 15) is 4.79 Å². The van der Waals surface area contributed by atoms with Crippen LogP contribution in [0.2, 0.25) is 0 Å². The normalized spacial score (nSPS) is 11.5. The molecule has 0 aromatic heterocycles. The SMILES string of the molecule is CC(O)=C(C#N)C(=O)c1ccc(C)cc1. The molecule has 1 aromatic rings. The van der Waals surface area contributed by atoms with Gasteiger partial charge in [0.25, 0.3) is 0 Å². The van der Waals surface area contributed by atoms with Crippen molar-refractivity contribution in [1.82, 2.24) is 0 Å². The zero-order chi connectivity index (χ0) is 11.4. The van der Waals surface area contributed by atoms with Crippen LogP contribution in [0.3, 0.4) is 0 Å². The minimum atomic E-state index is -0.447. The Kier molecular flexibility index (Phi) is 3.25. The summed E-state index contributed by atoms with van der Waals surface area (Å²) < 4.78 is 0. The van der Waals surface area contributed by atoms with Gasteiger partial charge in [-0.2, -0.15) is 5.26 Å². The molecule has 1 aromatic carbocycles. The van der Waals surface area contributed by atoms with Crippen molar-refractivity contribution in [2.75, 3.05) is 0 Å². The molecule has 0 fully saturated rings. The van der Waals surface area contributed by atoms with Crippen LogP contribution in [0.1, 0.15) is 22.8 Å². The van der Waals surface area contributed by atoms with Crippen LogP contribution >= 0.6 is 0 Å². The lowest BCUT2D eigenvalue weighted by Crippen LogP contribution is -2.04. The smallest absolute Gasteiger partial charge is 0.206 e. The first kappa shape index (κ1) is 11.0. The highest BCUT2D eigenvalue weighted by molar-refractivity contribution is 6.11. The van der Waals surface area contributed by atoms with E-state index in [-0.39, 0.29) is 11.3 Å². The molecule has 1 rings (SSSR count). The number of aliphatic hydroxyl groups excluding tert-OH is 1. The highest BCUT2D eigenvalue weighted by Gasteiger charge is 2.14. The van der Waals surface area contributed by atoms with Gasteiger partial charge in [-0.25, -0.2) is 0 Å². The van der Waals surface area contributed by atoms with E-state index in [2.05, 4.69) is 0 Å². The Morgan fingerprint density at radius 3 is 2.27 bits per heavy atom. The van der Waals surface area contributed by atoms with Crippen molar-refractivity contribution in [2.45, 2.75) is 13.8 Å². The van der Waals surface area contributed by atoms with Crippen LogP contribution in [0, 0.1) is 18.3 Å². The number of rotatable bonds is 2. The molecule has 76 valence electrons. The topological polar surface area (TPSA) is 61.1 Å². The Morgan fingerprint density at radius 1 is 1.33 bits per heavy atom. The largest absolute Gasteiger partial charge is 0.511 e. The van der Waals surface area contributed by atoms with Gasteiger partial charge in [-0.3, -0.25) is 4.79 Å². The summed E-state index contributed by atoms with van der Waals surface area (Å²) in [6.45, 7) is 3.23. The van der Waals surface area contributed by atoms with Gasteiger partial charge in [0.15, 0.2) is 0 Å². The molecule has 0 heterocycles. The van der Waals surface area contributed by atoms with Crippen molar-refractivity contribution < 1.29 is 9.90 Å². The van der Waals surface area contributed by atoms with Gasteiger partial charge in [0.1, 0.15) is 17.4 Å². The van der Waals surface area contributed by atoms with Gasteiger partial charge in [0, 0.05) is 5.56 Å². The number of aliphatic hydroxyl groups is 1. The number of Topliss-reactive ketones (excluding diaryl/α,β-unsaturated/α-hetero) is 1. The second-order valence-corrected chi connectivity index (χ2v) is 3.27. The maximum absolute atomic E-state index is 11.7. The van der Waals surface area contributed by atoms with Crippen molar-refractivity contribution in [3.8, 4) is 6.07 Å². The zero-order valence-corrected chi connectivity index (χ0v) is 8.61. The number of allylic oxidation sites excluding steroid dienone is 2. The molecular weight excluding hydrogens is 190 g/mol. The number of carbonyl (C=O) groups excluding carboxylic acids is 1. The maximum Gasteiger partial charge on any atom is 0.206 e. The Morgan fingerprint density at radius 2 is 1.87 bits per heavy atom. The van der Waals surface area contributed by atoms with Gasteiger partial charge in [0.2, 0.25) is 5.78 Å². The van der Waals surface area contributed by atoms with Crippen molar-refractivity contribution in [3.63, 3.8) is 0 Å². The third kappa shape index (κ3) is 2.44. The molecule has 0 saturated carbocycles. The van der Waals surface area contributed by atoms with E-state index < -0.39 is 5.78 Å². The summed E-state index contributed by atoms with van der Waals surface area (Å²) in [5.74, 6) is -0.694. The maximum atomic E-state index is 11.7. The summed E-state index contributed by atoms with van der Waals surface area (Å²) in [7, 11) is 0. The number of aryl methyl sites for hydroxylation is 1. The highest BCUT2D eigenvalue weighted by Crippen LogP contribution is 2.11. The quantitative estimate of drug-likeness (QED) is 0.346. The zero-order valence-electron chi connectivity index (χ0n) is 8.61. The van der Waals surface area contributed by atoms with E-state index in [0.717, 1.165) is 5.56 Å². The van der Waals surface area contributed by atoms with Crippen LogP contribution in [0.15, 0.2) is 35.6 Å². The van der Waals surface area contributed by atoms with Crippen molar-refractivity contribution in [2.24, 2.45) is 0 Å². The van der Waals surface area contributed by atoms with Crippen LogP contribution in [0.4, 0.5) is 0 Å². The minimum absolute atomic E-state index is 0.209. The molecule has 0 atom stereocenters. The molecule has 3 heteroatoms. The Balaban J connectivity index is 3.11. The standard InChI is InChI=1S/C12H11NO2/c1-8-3-5-10(6-4-8)12(15)11(7-13)9(2)14/h3-6,14H,1-2H3. The second-order valence-electron chi connectivity index (χ2n) is 3.27. The number of nitrogens with zero attached hydrogens (tertiary/aromatic N) is 1. The number of hydrogen-bond donors (Lipinski definition) is 1. The fourth-order valence-corrected chi connectivity index (χ4v) is 1.15. The molecule has 0 amide bonds. The molecule has 1 N–H and O–H groups in total. The molecule has 3 nitrogen and oxygen atoms in total. The fourth-order valence-electron chi connectivity index (χ4n) is 1.15. The van der Waals surface area contributed by atoms with Crippen molar-refractivity contribution >= 4 is 5.78 Å². The molecule has 15 heavy (non-hydrogen) atoms.